The van der Waals surface area contributed by atoms with Crippen LogP contribution in [0.5, 0.6) is 0 Å². The summed E-state index contributed by atoms with van der Waals surface area (Å²) >= 11 is 0. The van der Waals surface area contributed by atoms with Crippen molar-refractivity contribution in [3.05, 3.63) is 0 Å². The molecule has 0 aliphatic carbocycles. The maximum atomic E-state index is 12.4. The molecule has 2 rings (SSSR count). The molecular weight excluding hydrogens is 276 g/mol. The van der Waals surface area contributed by atoms with Crippen molar-refractivity contribution < 1.29 is 13.2 Å². The van der Waals surface area contributed by atoms with Gasteiger partial charge in [-0.1, -0.05) is 20.8 Å². The van der Waals surface area contributed by atoms with E-state index in [2.05, 4.69) is 0 Å². The molecule has 0 radical (unpaired) electrons. The fraction of sp³-hybridized carbons (Fsp3) is 0.929. The van der Waals surface area contributed by atoms with Gasteiger partial charge in [-0.05, 0) is 24.7 Å². The lowest BCUT2D eigenvalue weighted by atomic mass is 10.0. The largest absolute Gasteiger partial charge is 0.343 e. The molecular formula is C14H26N2O3S. The number of nitrogens with zero attached hydrogens (tertiary/aromatic N) is 2. The molecule has 20 heavy (non-hydrogen) atoms. The summed E-state index contributed by atoms with van der Waals surface area (Å²) in [7, 11) is -3.14. The van der Waals surface area contributed by atoms with Gasteiger partial charge in [-0.3, -0.25) is 4.79 Å². The van der Waals surface area contributed by atoms with Crippen molar-refractivity contribution in [2.45, 2.75) is 45.3 Å². The van der Waals surface area contributed by atoms with Crippen LogP contribution in [0.1, 0.15) is 40.0 Å². The van der Waals surface area contributed by atoms with Crippen molar-refractivity contribution in [2.24, 2.45) is 11.8 Å². The molecule has 0 aromatic carbocycles. The predicted octanol–water partition coefficient (Wildman–Crippen LogP) is 1.31. The number of hydrogen-bond acceptors (Lipinski definition) is 3. The quantitative estimate of drug-likeness (QED) is 0.790. The summed E-state index contributed by atoms with van der Waals surface area (Å²) in [6.07, 6.45) is 1.96. The second kappa shape index (κ2) is 6.02. The first-order valence-corrected chi connectivity index (χ1v) is 9.13. The third kappa shape index (κ3) is 3.01. The van der Waals surface area contributed by atoms with Gasteiger partial charge in [-0.2, -0.15) is 0 Å². The number of fused-ring (bicyclic) bond motifs is 1. The second-order valence-corrected chi connectivity index (χ2v) is 8.50. The number of carbonyl (C=O) groups is 1. The number of sulfonamides is 1. The zero-order valence-electron chi connectivity index (χ0n) is 12.7. The maximum Gasteiger partial charge on any atom is 0.222 e. The zero-order chi connectivity index (χ0) is 14.9. The molecule has 0 spiro atoms. The Balaban J connectivity index is 2.04. The van der Waals surface area contributed by atoms with Crippen LogP contribution in [-0.2, 0) is 14.8 Å². The first-order chi connectivity index (χ1) is 9.36. The molecule has 0 bridgehead atoms. The third-order valence-electron chi connectivity index (χ3n) is 4.45. The van der Waals surface area contributed by atoms with Crippen molar-refractivity contribution in [3.8, 4) is 0 Å². The highest BCUT2D eigenvalue weighted by molar-refractivity contribution is 7.90. The molecule has 2 heterocycles. The molecule has 0 aromatic heterocycles. The highest BCUT2D eigenvalue weighted by Gasteiger charge is 2.46. The molecule has 5 nitrogen and oxygen atoms in total. The van der Waals surface area contributed by atoms with Crippen molar-refractivity contribution >= 4 is 15.9 Å². The van der Waals surface area contributed by atoms with E-state index in [1.807, 2.05) is 25.7 Å². The zero-order valence-corrected chi connectivity index (χ0v) is 13.5. The van der Waals surface area contributed by atoms with Crippen LogP contribution in [0.25, 0.3) is 0 Å². The van der Waals surface area contributed by atoms with Crippen LogP contribution in [0.3, 0.4) is 0 Å². The van der Waals surface area contributed by atoms with E-state index in [-0.39, 0.29) is 17.1 Å². The minimum Gasteiger partial charge on any atom is -0.343 e. The van der Waals surface area contributed by atoms with Gasteiger partial charge in [0.1, 0.15) is 0 Å². The van der Waals surface area contributed by atoms with E-state index < -0.39 is 10.0 Å². The van der Waals surface area contributed by atoms with Gasteiger partial charge in [0.15, 0.2) is 0 Å². The van der Waals surface area contributed by atoms with Crippen LogP contribution in [0.2, 0.25) is 0 Å². The van der Waals surface area contributed by atoms with Gasteiger partial charge in [-0.15, -0.1) is 0 Å². The summed E-state index contributed by atoms with van der Waals surface area (Å²) in [5, 5.41) is -0.278. The lowest BCUT2D eigenvalue weighted by Gasteiger charge is -2.22. The van der Waals surface area contributed by atoms with Crippen molar-refractivity contribution in [1.82, 2.24) is 9.21 Å². The van der Waals surface area contributed by atoms with Gasteiger partial charge in [0.25, 0.3) is 0 Å². The number of amides is 1. The summed E-state index contributed by atoms with van der Waals surface area (Å²) in [5.41, 5.74) is 0. The van der Waals surface area contributed by atoms with Crippen LogP contribution < -0.4 is 0 Å². The Hall–Kier alpha value is -0.620. The van der Waals surface area contributed by atoms with E-state index in [0.29, 0.717) is 44.9 Å². The maximum absolute atomic E-state index is 12.4. The fourth-order valence-corrected chi connectivity index (χ4v) is 5.59. The molecule has 2 aliphatic rings. The lowest BCUT2D eigenvalue weighted by Crippen LogP contribution is -2.35. The highest BCUT2D eigenvalue weighted by Crippen LogP contribution is 2.34. The molecule has 1 amide bonds. The minimum absolute atomic E-state index is 0.171. The predicted molar refractivity (Wildman–Crippen MR) is 78.7 cm³/mol. The highest BCUT2D eigenvalue weighted by atomic mass is 32.2. The Morgan fingerprint density at radius 1 is 1.25 bits per heavy atom. The topological polar surface area (TPSA) is 57.7 Å². The van der Waals surface area contributed by atoms with Crippen molar-refractivity contribution in [1.29, 1.82) is 0 Å². The third-order valence-corrected chi connectivity index (χ3v) is 6.96. The second-order valence-electron chi connectivity index (χ2n) is 6.35. The van der Waals surface area contributed by atoms with Crippen LogP contribution in [0.15, 0.2) is 0 Å². The van der Waals surface area contributed by atoms with E-state index in [1.54, 1.807) is 4.31 Å². The van der Waals surface area contributed by atoms with Gasteiger partial charge in [0.05, 0.1) is 5.25 Å². The van der Waals surface area contributed by atoms with E-state index in [4.69, 9.17) is 0 Å². The Labute approximate surface area is 122 Å². The molecule has 6 heteroatoms. The summed E-state index contributed by atoms with van der Waals surface area (Å²) in [6.45, 7) is 8.45. The molecule has 0 N–H and O–H groups in total. The number of carbonyl (C=O) groups excluding carboxylic acids is 1. The van der Waals surface area contributed by atoms with Gasteiger partial charge in [0.2, 0.25) is 15.9 Å². The van der Waals surface area contributed by atoms with Crippen LogP contribution in [0, 0.1) is 11.8 Å². The van der Waals surface area contributed by atoms with Crippen LogP contribution in [-0.4, -0.2) is 55.0 Å². The average Bonchev–Trinajstić information content (AvgIpc) is 2.52. The standard InChI is InChI=1S/C14H26N2O3S/c1-4-16-10-12-5-7-15(14(17)9-11(2)3)8-6-13(12)20(16,18)19/h11-13H,4-10H2,1-3H3/t12-,13-/m1/s1. The van der Waals surface area contributed by atoms with Gasteiger partial charge in [-0.25, -0.2) is 12.7 Å². The van der Waals surface area contributed by atoms with E-state index in [0.717, 1.165) is 6.42 Å². The van der Waals surface area contributed by atoms with E-state index in [9.17, 15) is 13.2 Å². The average molecular weight is 302 g/mol. The Bertz CT molecular complexity index is 461. The molecule has 2 atom stereocenters. The molecule has 0 unspecified atom stereocenters. The summed E-state index contributed by atoms with van der Waals surface area (Å²) in [4.78, 5) is 14.0. The van der Waals surface area contributed by atoms with Crippen LogP contribution in [0.4, 0.5) is 0 Å². The van der Waals surface area contributed by atoms with Crippen molar-refractivity contribution in [3.63, 3.8) is 0 Å². The number of rotatable bonds is 3. The molecule has 2 saturated heterocycles. The number of likely N-dealkylation sites (tertiary alicyclic amines) is 1. The molecule has 0 aromatic rings. The van der Waals surface area contributed by atoms with Gasteiger partial charge in [0, 0.05) is 32.6 Å². The molecule has 2 aliphatic heterocycles. The monoisotopic (exact) mass is 302 g/mol. The van der Waals surface area contributed by atoms with Gasteiger partial charge >= 0.3 is 0 Å². The SMILES string of the molecule is CCN1C[C@H]2CCN(C(=O)CC(C)C)CC[C@H]2S1(=O)=O. The Morgan fingerprint density at radius 2 is 1.90 bits per heavy atom. The molecule has 0 saturated carbocycles. The summed E-state index contributed by atoms with van der Waals surface area (Å²) in [5.74, 6) is 0.714. The first kappa shape index (κ1) is 15.8. The van der Waals surface area contributed by atoms with E-state index >= 15 is 0 Å². The molecule has 2 fully saturated rings. The minimum atomic E-state index is -3.14. The Morgan fingerprint density at radius 3 is 2.50 bits per heavy atom. The Kier molecular flexibility index (Phi) is 4.74. The smallest absolute Gasteiger partial charge is 0.222 e. The van der Waals surface area contributed by atoms with Gasteiger partial charge < -0.3 is 4.90 Å². The normalized spacial score (nSPS) is 30.3. The number of hydrogen-bond donors (Lipinski definition) is 0. The fourth-order valence-electron chi connectivity index (χ4n) is 3.33. The summed E-state index contributed by atoms with van der Waals surface area (Å²) in [6, 6.07) is 0. The molecule has 116 valence electrons. The van der Waals surface area contributed by atoms with Crippen LogP contribution >= 0.6 is 0 Å². The first-order valence-electron chi connectivity index (χ1n) is 7.63. The lowest BCUT2D eigenvalue weighted by molar-refractivity contribution is -0.131. The summed E-state index contributed by atoms with van der Waals surface area (Å²) < 4.78 is 26.4. The van der Waals surface area contributed by atoms with Crippen molar-refractivity contribution in [2.75, 3.05) is 26.2 Å². The van der Waals surface area contributed by atoms with E-state index in [1.165, 1.54) is 0 Å².